The Morgan fingerprint density at radius 2 is 1.94 bits per heavy atom. The van der Waals surface area contributed by atoms with Crippen molar-refractivity contribution in [2.75, 3.05) is 25.0 Å². The zero-order chi connectivity index (χ0) is 22.3. The second kappa shape index (κ2) is 8.45. The summed E-state index contributed by atoms with van der Waals surface area (Å²) in [6.07, 6.45) is 9.32. The number of aromatic nitrogens is 3. The van der Waals surface area contributed by atoms with Gasteiger partial charge < -0.3 is 14.8 Å². The Morgan fingerprint density at radius 3 is 2.66 bits per heavy atom. The van der Waals surface area contributed by atoms with Crippen molar-refractivity contribution in [1.29, 1.82) is 0 Å². The molecular formula is C24H32FN5O2. The van der Waals surface area contributed by atoms with E-state index in [2.05, 4.69) is 26.9 Å². The molecule has 1 aliphatic heterocycles. The van der Waals surface area contributed by atoms with Crippen LogP contribution in [0, 0.1) is 11.3 Å². The number of rotatable bonds is 3. The Morgan fingerprint density at radius 1 is 1.19 bits per heavy atom. The van der Waals surface area contributed by atoms with Crippen molar-refractivity contribution in [2.45, 2.75) is 70.0 Å². The maximum atomic E-state index is 14.3. The molecule has 2 aliphatic carbocycles. The van der Waals surface area contributed by atoms with Crippen molar-refractivity contribution in [3.63, 3.8) is 0 Å². The van der Waals surface area contributed by atoms with E-state index in [1.807, 2.05) is 17.2 Å². The number of halogens is 1. The molecule has 2 aromatic rings. The number of H-pyrrole nitrogens is 1. The Kier molecular flexibility index (Phi) is 5.63. The third-order valence-electron chi connectivity index (χ3n) is 8.28. The van der Waals surface area contributed by atoms with Crippen molar-refractivity contribution in [1.82, 2.24) is 19.9 Å². The Labute approximate surface area is 187 Å². The zero-order valence-corrected chi connectivity index (χ0v) is 18.7. The van der Waals surface area contributed by atoms with Crippen LogP contribution in [0.1, 0.15) is 57.8 Å². The largest absolute Gasteiger partial charge is 0.356 e. The second-order valence-electron chi connectivity index (χ2n) is 10.0. The number of anilines is 1. The molecule has 172 valence electrons. The average molecular weight is 442 g/mol. The normalized spacial score (nSPS) is 26.6. The molecule has 2 atom stereocenters. The minimum atomic E-state index is -1.31. The number of amides is 1. The summed E-state index contributed by atoms with van der Waals surface area (Å²) in [4.78, 5) is 40.5. The number of alkyl halides is 1. The molecule has 0 radical (unpaired) electrons. The lowest BCUT2D eigenvalue weighted by atomic mass is 9.66. The van der Waals surface area contributed by atoms with E-state index < -0.39 is 12.1 Å². The van der Waals surface area contributed by atoms with Gasteiger partial charge in [-0.1, -0.05) is 0 Å². The number of aromatic amines is 1. The molecule has 0 bridgehead atoms. The first-order valence-electron chi connectivity index (χ1n) is 11.9. The lowest BCUT2D eigenvalue weighted by Crippen LogP contribution is -2.50. The number of carbonyl (C=O) groups excluding carboxylic acids is 2. The molecule has 3 aliphatic rings. The minimum Gasteiger partial charge on any atom is -0.356 e. The number of Topliss-reactive ketones (excluding diaryl/α,β-unsaturated/α-hetero) is 1. The third-order valence-corrected chi connectivity index (χ3v) is 8.28. The highest BCUT2D eigenvalue weighted by atomic mass is 19.1. The number of ketones is 1. The first-order valence-corrected chi connectivity index (χ1v) is 11.9. The number of likely N-dealkylation sites (tertiary alicyclic amines) is 1. The fraction of sp³-hybridized carbons (Fsp3) is 0.667. The van der Waals surface area contributed by atoms with Crippen LogP contribution in [0.5, 0.6) is 0 Å². The van der Waals surface area contributed by atoms with E-state index in [-0.39, 0.29) is 18.1 Å². The zero-order valence-electron chi connectivity index (χ0n) is 18.7. The first-order chi connectivity index (χ1) is 15.5. The fourth-order valence-corrected chi connectivity index (χ4v) is 6.09. The van der Waals surface area contributed by atoms with Crippen molar-refractivity contribution in [3.05, 3.63) is 18.6 Å². The van der Waals surface area contributed by atoms with Crippen LogP contribution in [0.2, 0.25) is 0 Å². The highest BCUT2D eigenvalue weighted by Crippen LogP contribution is 2.46. The highest BCUT2D eigenvalue weighted by molar-refractivity contribution is 5.87. The van der Waals surface area contributed by atoms with E-state index in [1.165, 1.54) is 0 Å². The van der Waals surface area contributed by atoms with Crippen LogP contribution < -0.4 is 4.90 Å². The number of carbonyl (C=O) groups is 2. The fourth-order valence-electron chi connectivity index (χ4n) is 6.09. The summed E-state index contributed by atoms with van der Waals surface area (Å²) in [5.74, 6) is 0.223. The number of piperidine rings is 1. The summed E-state index contributed by atoms with van der Waals surface area (Å²) in [6.45, 7) is 1.43. The Balaban J connectivity index is 1.17. The van der Waals surface area contributed by atoms with Crippen LogP contribution in [0.3, 0.4) is 0 Å². The average Bonchev–Trinajstić information content (AvgIpc) is 3.28. The van der Waals surface area contributed by atoms with Crippen LogP contribution >= 0.6 is 0 Å². The summed E-state index contributed by atoms with van der Waals surface area (Å²) in [5.41, 5.74) is 1.16. The Bertz CT molecular complexity index is 989. The third kappa shape index (κ3) is 3.88. The van der Waals surface area contributed by atoms with E-state index >= 15 is 0 Å². The lowest BCUT2D eigenvalue weighted by molar-refractivity contribution is -0.143. The monoisotopic (exact) mass is 441 g/mol. The molecule has 1 N–H and O–H groups in total. The van der Waals surface area contributed by atoms with E-state index in [0.717, 1.165) is 55.4 Å². The van der Waals surface area contributed by atoms with E-state index in [1.54, 1.807) is 6.33 Å². The molecule has 0 aromatic carbocycles. The summed E-state index contributed by atoms with van der Waals surface area (Å²) in [5, 5.41) is 1.05. The standard InChI is InChI=1S/C24H32FN5O2/c1-29(22-19-6-11-26-21(19)27-15-28-22)16-4-7-24(8-5-16)9-12-30(13-10-24)23(32)18-3-2-17(31)14-20(18)25/h6,11,15-16,18,20H,2-5,7-10,12-14H2,1H3,(H,26,27,28). The van der Waals surface area contributed by atoms with Gasteiger partial charge in [-0.2, -0.15) is 0 Å². The van der Waals surface area contributed by atoms with Crippen LogP contribution in [0.25, 0.3) is 11.0 Å². The van der Waals surface area contributed by atoms with Gasteiger partial charge in [-0.25, -0.2) is 14.4 Å². The predicted molar refractivity (Wildman–Crippen MR) is 120 cm³/mol. The van der Waals surface area contributed by atoms with Gasteiger partial charge in [-0.15, -0.1) is 0 Å². The van der Waals surface area contributed by atoms with Crippen LogP contribution in [0.15, 0.2) is 18.6 Å². The summed E-state index contributed by atoms with van der Waals surface area (Å²) in [6, 6.07) is 2.47. The number of nitrogens with zero attached hydrogens (tertiary/aromatic N) is 4. The minimum absolute atomic E-state index is 0.0555. The van der Waals surface area contributed by atoms with E-state index in [0.29, 0.717) is 37.4 Å². The van der Waals surface area contributed by atoms with Crippen LogP contribution in [0.4, 0.5) is 10.2 Å². The smallest absolute Gasteiger partial charge is 0.228 e. The van der Waals surface area contributed by atoms with Crippen molar-refractivity contribution >= 4 is 28.5 Å². The molecule has 1 spiro atoms. The van der Waals surface area contributed by atoms with Gasteiger partial charge in [0.05, 0.1) is 11.3 Å². The molecule has 32 heavy (non-hydrogen) atoms. The number of fused-ring (bicyclic) bond motifs is 1. The molecule has 1 amide bonds. The maximum absolute atomic E-state index is 14.3. The molecule has 3 fully saturated rings. The highest BCUT2D eigenvalue weighted by Gasteiger charge is 2.42. The van der Waals surface area contributed by atoms with Gasteiger partial charge in [-0.05, 0) is 56.4 Å². The van der Waals surface area contributed by atoms with E-state index in [9.17, 15) is 14.0 Å². The topological polar surface area (TPSA) is 82.2 Å². The van der Waals surface area contributed by atoms with E-state index in [4.69, 9.17) is 0 Å². The maximum Gasteiger partial charge on any atom is 0.228 e. The number of hydrogen-bond acceptors (Lipinski definition) is 5. The molecule has 2 unspecified atom stereocenters. The molecule has 8 heteroatoms. The SMILES string of the molecule is CN(c1ncnc2[nH]ccc12)C1CCC2(CC1)CCN(C(=O)C1CCC(=O)CC1F)CC2. The number of nitrogens with one attached hydrogen (secondary N) is 1. The van der Waals surface area contributed by atoms with Gasteiger partial charge in [-0.3, -0.25) is 9.59 Å². The van der Waals surface area contributed by atoms with Gasteiger partial charge in [0.25, 0.3) is 0 Å². The molecule has 2 saturated carbocycles. The lowest BCUT2D eigenvalue weighted by Gasteiger charge is -2.48. The quantitative estimate of drug-likeness (QED) is 0.786. The first kappa shape index (κ1) is 21.3. The predicted octanol–water partition coefficient (Wildman–Crippen LogP) is 3.65. The summed E-state index contributed by atoms with van der Waals surface area (Å²) >= 11 is 0. The van der Waals surface area contributed by atoms with Crippen LogP contribution in [-0.2, 0) is 9.59 Å². The summed E-state index contributed by atoms with van der Waals surface area (Å²) < 4.78 is 14.3. The molecule has 2 aromatic heterocycles. The van der Waals surface area contributed by atoms with Gasteiger partial charge >= 0.3 is 0 Å². The molecule has 3 heterocycles. The number of hydrogen-bond donors (Lipinski definition) is 1. The van der Waals surface area contributed by atoms with Gasteiger partial charge in [0, 0.05) is 45.2 Å². The summed E-state index contributed by atoms with van der Waals surface area (Å²) in [7, 11) is 2.13. The molecule has 7 nitrogen and oxygen atoms in total. The van der Waals surface area contributed by atoms with Crippen molar-refractivity contribution in [3.8, 4) is 0 Å². The molecule has 1 saturated heterocycles. The molecule has 5 rings (SSSR count). The second-order valence-corrected chi connectivity index (χ2v) is 10.0. The molecular weight excluding hydrogens is 409 g/mol. The van der Waals surface area contributed by atoms with Crippen molar-refractivity contribution < 1.29 is 14.0 Å². The van der Waals surface area contributed by atoms with Gasteiger partial charge in [0.2, 0.25) is 5.91 Å². The van der Waals surface area contributed by atoms with Crippen molar-refractivity contribution in [2.24, 2.45) is 11.3 Å². The van der Waals surface area contributed by atoms with Gasteiger partial charge in [0.1, 0.15) is 29.7 Å². The van der Waals surface area contributed by atoms with Crippen LogP contribution in [-0.4, -0.2) is 63.9 Å². The van der Waals surface area contributed by atoms with Gasteiger partial charge in [0.15, 0.2) is 0 Å². The Hall–Kier alpha value is -2.51.